The number of hydrogen-bond donors (Lipinski definition) is 1. The second-order valence-corrected chi connectivity index (χ2v) is 5.68. The molecular weight excluding hydrogens is 301 g/mol. The summed E-state index contributed by atoms with van der Waals surface area (Å²) in [6.45, 7) is 0.409. The maximum atomic E-state index is 12.3. The highest BCUT2D eigenvalue weighted by Gasteiger charge is 2.32. The number of nitrogens with one attached hydrogen (secondary N) is 1. The minimum absolute atomic E-state index is 0.171. The lowest BCUT2D eigenvalue weighted by molar-refractivity contribution is -0.141. The van der Waals surface area contributed by atoms with Gasteiger partial charge in [0.2, 0.25) is 5.91 Å². The normalized spacial score (nSPS) is 22.1. The fourth-order valence-electron chi connectivity index (χ4n) is 2.49. The van der Waals surface area contributed by atoms with Gasteiger partial charge in [-0.25, -0.2) is 0 Å². The van der Waals surface area contributed by atoms with Crippen LogP contribution in [0.1, 0.15) is 25.7 Å². The summed E-state index contributed by atoms with van der Waals surface area (Å²) in [5, 5.41) is 3.69. The van der Waals surface area contributed by atoms with Gasteiger partial charge in [-0.05, 0) is 37.5 Å². The molecule has 1 amide bonds. The number of benzene rings is 1. The first kappa shape index (κ1) is 15.1. The average Bonchev–Trinajstić information content (AvgIpc) is 2.38. The monoisotopic (exact) mass is 315 g/mol. The van der Waals surface area contributed by atoms with Crippen LogP contribution in [0, 0.1) is 5.92 Å². The van der Waals surface area contributed by atoms with E-state index in [9.17, 15) is 9.59 Å². The minimum Gasteiger partial charge on any atom is -0.464 e. The Hall–Kier alpha value is -1.26. The second kappa shape index (κ2) is 6.95. The summed E-state index contributed by atoms with van der Waals surface area (Å²) in [6.07, 6.45) is 2.99. The second-order valence-electron chi connectivity index (χ2n) is 4.81. The Bertz CT molecular complexity index is 487. The van der Waals surface area contributed by atoms with Crippen LogP contribution in [0.2, 0.25) is 10.0 Å². The van der Waals surface area contributed by atoms with Crippen LogP contribution in [0.25, 0.3) is 0 Å². The molecule has 0 spiro atoms. The lowest BCUT2D eigenvalue weighted by atomic mass is 9.85. The van der Waals surface area contributed by atoms with E-state index in [0.29, 0.717) is 35.0 Å². The summed E-state index contributed by atoms with van der Waals surface area (Å²) >= 11 is 11.8. The molecule has 0 radical (unpaired) electrons. The zero-order valence-corrected chi connectivity index (χ0v) is 12.3. The highest BCUT2D eigenvalue weighted by molar-refractivity contribution is 6.35. The van der Waals surface area contributed by atoms with Crippen LogP contribution < -0.4 is 5.32 Å². The number of carbonyl (C=O) groups excluding carboxylic acids is 2. The summed E-state index contributed by atoms with van der Waals surface area (Å²) in [6, 6.07) is 4.85. The van der Waals surface area contributed by atoms with Crippen molar-refractivity contribution in [1.29, 1.82) is 0 Å². The number of hydrogen-bond acceptors (Lipinski definition) is 3. The van der Waals surface area contributed by atoms with Crippen LogP contribution in [0.15, 0.2) is 18.2 Å². The van der Waals surface area contributed by atoms with E-state index in [2.05, 4.69) is 5.32 Å². The van der Waals surface area contributed by atoms with Crippen molar-refractivity contribution in [3.63, 3.8) is 0 Å². The van der Waals surface area contributed by atoms with Crippen LogP contribution in [0.4, 0.5) is 5.69 Å². The molecule has 0 aromatic heterocycles. The molecule has 1 saturated carbocycles. The molecule has 0 aliphatic heterocycles. The van der Waals surface area contributed by atoms with E-state index in [1.807, 2.05) is 0 Å². The molecule has 1 aliphatic carbocycles. The van der Waals surface area contributed by atoms with Gasteiger partial charge in [0.15, 0.2) is 0 Å². The summed E-state index contributed by atoms with van der Waals surface area (Å²) in [5.74, 6) is -0.499. The van der Waals surface area contributed by atoms with Crippen LogP contribution in [0.5, 0.6) is 0 Å². The zero-order chi connectivity index (χ0) is 14.5. The average molecular weight is 316 g/mol. The Morgan fingerprint density at radius 2 is 1.85 bits per heavy atom. The third-order valence-electron chi connectivity index (χ3n) is 3.40. The Labute approximate surface area is 127 Å². The summed E-state index contributed by atoms with van der Waals surface area (Å²) in [7, 11) is 0. The SMILES string of the molecule is O=COC1CCCCC1C(=O)Nc1cc(Cl)cc(Cl)c1. The smallest absolute Gasteiger partial charge is 0.293 e. The third-order valence-corrected chi connectivity index (χ3v) is 3.84. The van der Waals surface area contributed by atoms with Crippen LogP contribution in [-0.4, -0.2) is 18.5 Å². The predicted octanol–water partition coefficient (Wildman–Crippen LogP) is 3.66. The van der Waals surface area contributed by atoms with Gasteiger partial charge in [0.05, 0.1) is 5.92 Å². The van der Waals surface area contributed by atoms with E-state index in [-0.39, 0.29) is 17.9 Å². The topological polar surface area (TPSA) is 55.4 Å². The number of carbonyl (C=O) groups is 2. The number of rotatable bonds is 4. The van der Waals surface area contributed by atoms with Crippen molar-refractivity contribution < 1.29 is 14.3 Å². The zero-order valence-electron chi connectivity index (χ0n) is 10.8. The fraction of sp³-hybridized carbons (Fsp3) is 0.429. The first-order valence-corrected chi connectivity index (χ1v) is 7.22. The number of amides is 1. The van der Waals surface area contributed by atoms with Crippen molar-refractivity contribution in [1.82, 2.24) is 0 Å². The molecule has 2 rings (SSSR count). The Morgan fingerprint density at radius 3 is 2.50 bits per heavy atom. The summed E-state index contributed by atoms with van der Waals surface area (Å²) < 4.78 is 5.01. The standard InChI is InChI=1S/C14H15Cl2NO3/c15-9-5-10(16)7-11(6-9)17-14(19)12-3-1-2-4-13(12)20-8-18/h5-8,12-13H,1-4H2,(H,17,19). The molecule has 1 fully saturated rings. The molecule has 1 aromatic rings. The Kier molecular flexibility index (Phi) is 5.26. The Morgan fingerprint density at radius 1 is 1.20 bits per heavy atom. The molecular formula is C14H15Cl2NO3. The van der Waals surface area contributed by atoms with Gasteiger partial charge in [-0.1, -0.05) is 29.6 Å². The van der Waals surface area contributed by atoms with Gasteiger partial charge >= 0.3 is 0 Å². The highest BCUT2D eigenvalue weighted by atomic mass is 35.5. The van der Waals surface area contributed by atoms with Crippen LogP contribution in [0.3, 0.4) is 0 Å². The van der Waals surface area contributed by atoms with E-state index in [0.717, 1.165) is 12.8 Å². The molecule has 2 atom stereocenters. The summed E-state index contributed by atoms with van der Waals surface area (Å²) in [4.78, 5) is 22.8. The molecule has 1 aliphatic rings. The molecule has 1 N–H and O–H groups in total. The van der Waals surface area contributed by atoms with Crippen molar-refractivity contribution in [2.45, 2.75) is 31.8 Å². The first-order chi connectivity index (χ1) is 9.60. The van der Waals surface area contributed by atoms with Gasteiger partial charge in [-0.3, -0.25) is 9.59 Å². The first-order valence-electron chi connectivity index (χ1n) is 6.46. The van der Waals surface area contributed by atoms with Crippen molar-refractivity contribution in [3.05, 3.63) is 28.2 Å². The molecule has 6 heteroatoms. The quantitative estimate of drug-likeness (QED) is 0.862. The van der Waals surface area contributed by atoms with E-state index in [4.69, 9.17) is 27.9 Å². The fourth-order valence-corrected chi connectivity index (χ4v) is 3.02. The van der Waals surface area contributed by atoms with Crippen molar-refractivity contribution in [3.8, 4) is 0 Å². The van der Waals surface area contributed by atoms with Gasteiger partial charge < -0.3 is 10.1 Å². The predicted molar refractivity (Wildman–Crippen MR) is 78.0 cm³/mol. The lowest BCUT2D eigenvalue weighted by Gasteiger charge is -2.28. The van der Waals surface area contributed by atoms with Gasteiger partial charge in [-0.2, -0.15) is 0 Å². The maximum Gasteiger partial charge on any atom is 0.293 e. The van der Waals surface area contributed by atoms with Gasteiger partial charge in [-0.15, -0.1) is 0 Å². The van der Waals surface area contributed by atoms with Crippen molar-refractivity contribution in [2.24, 2.45) is 5.92 Å². The van der Waals surface area contributed by atoms with Crippen LogP contribution >= 0.6 is 23.2 Å². The largest absolute Gasteiger partial charge is 0.464 e. The number of anilines is 1. The van der Waals surface area contributed by atoms with Gasteiger partial charge in [0, 0.05) is 15.7 Å². The molecule has 4 nitrogen and oxygen atoms in total. The number of ether oxygens (including phenoxy) is 1. The molecule has 2 unspecified atom stereocenters. The van der Waals surface area contributed by atoms with Crippen molar-refractivity contribution >= 4 is 41.3 Å². The van der Waals surface area contributed by atoms with Gasteiger partial charge in [0.25, 0.3) is 6.47 Å². The molecule has 0 bridgehead atoms. The maximum absolute atomic E-state index is 12.3. The molecule has 0 heterocycles. The molecule has 20 heavy (non-hydrogen) atoms. The molecule has 108 valence electrons. The Balaban J connectivity index is 2.07. The minimum atomic E-state index is -0.351. The highest BCUT2D eigenvalue weighted by Crippen LogP contribution is 2.29. The van der Waals surface area contributed by atoms with E-state index in [1.54, 1.807) is 18.2 Å². The van der Waals surface area contributed by atoms with E-state index >= 15 is 0 Å². The molecule has 1 aromatic carbocycles. The van der Waals surface area contributed by atoms with E-state index in [1.165, 1.54) is 0 Å². The van der Waals surface area contributed by atoms with E-state index < -0.39 is 0 Å². The lowest BCUT2D eigenvalue weighted by Crippen LogP contribution is -2.36. The third kappa shape index (κ3) is 3.87. The van der Waals surface area contributed by atoms with Gasteiger partial charge in [0.1, 0.15) is 6.10 Å². The summed E-state index contributed by atoms with van der Waals surface area (Å²) in [5.41, 5.74) is 0.544. The molecule has 0 saturated heterocycles. The number of halogens is 2. The van der Waals surface area contributed by atoms with Crippen molar-refractivity contribution in [2.75, 3.05) is 5.32 Å². The van der Waals surface area contributed by atoms with Crippen LogP contribution in [-0.2, 0) is 14.3 Å².